The zero-order valence-corrected chi connectivity index (χ0v) is 31.9. The topological polar surface area (TPSA) is 0 Å². The van der Waals surface area contributed by atoms with Gasteiger partial charge in [-0.1, -0.05) is 24.9 Å². The van der Waals surface area contributed by atoms with Gasteiger partial charge < -0.3 is 0 Å². The Bertz CT molecular complexity index is 1190. The van der Waals surface area contributed by atoms with E-state index >= 15 is 0 Å². The van der Waals surface area contributed by atoms with Crippen molar-refractivity contribution >= 4 is 21.7 Å². The Balaban J connectivity index is 0.000000732. The molecule has 1 saturated heterocycles. The van der Waals surface area contributed by atoms with E-state index in [0.29, 0.717) is 49.2 Å². The van der Waals surface area contributed by atoms with Gasteiger partial charge in [-0.3, -0.25) is 0 Å². The maximum absolute atomic E-state index is 2.61. The quantitative estimate of drug-likeness (QED) is 0.246. The average Bonchev–Trinajstić information content (AvgIpc) is 3.72. The number of rotatable bonds is 9. The SMILES string of the molecule is C1CC[SiH2]C1.CCC1=Cc2c(C(C)C)cc(C(C)C)cc2C1[CH]([Ti][CH3])C1C(CC)=Cc2c(C(C)C)cc(C(C)C)cc21. The molecular formula is C40H60SiTi. The summed E-state index contributed by atoms with van der Waals surface area (Å²) < 4.78 is 0.713. The molecule has 1 aliphatic heterocycles. The van der Waals surface area contributed by atoms with E-state index in [0.717, 1.165) is 12.8 Å². The van der Waals surface area contributed by atoms with Crippen molar-refractivity contribution in [1.82, 2.24) is 0 Å². The second kappa shape index (κ2) is 14.8. The van der Waals surface area contributed by atoms with Crippen LogP contribution in [0.2, 0.25) is 21.5 Å². The van der Waals surface area contributed by atoms with Gasteiger partial charge in [0.2, 0.25) is 0 Å². The minimum absolute atomic E-state index is 0.150. The fourth-order valence-corrected chi connectivity index (χ4v) is 11.8. The molecule has 0 amide bonds. The van der Waals surface area contributed by atoms with Gasteiger partial charge in [0.25, 0.3) is 0 Å². The van der Waals surface area contributed by atoms with Gasteiger partial charge in [-0.2, -0.15) is 0 Å². The minimum atomic E-state index is -0.150. The van der Waals surface area contributed by atoms with Gasteiger partial charge in [-0.05, 0) is 0 Å². The van der Waals surface area contributed by atoms with Crippen LogP contribution in [0, 0.1) is 0 Å². The molecule has 2 aromatic rings. The second-order valence-electron chi connectivity index (χ2n) is 14.5. The van der Waals surface area contributed by atoms with Crippen LogP contribution in [0.4, 0.5) is 0 Å². The molecule has 0 N–H and O–H groups in total. The molecular weight excluding hydrogens is 556 g/mol. The Morgan fingerprint density at radius 2 is 1.05 bits per heavy atom. The van der Waals surface area contributed by atoms with Crippen molar-refractivity contribution in [2.75, 3.05) is 0 Å². The maximum atomic E-state index is 2.61. The van der Waals surface area contributed by atoms with E-state index < -0.39 is 0 Å². The molecule has 2 heteroatoms. The first-order valence-electron chi connectivity index (χ1n) is 17.5. The molecule has 1 fully saturated rings. The Kier molecular flexibility index (Phi) is 11.9. The Morgan fingerprint density at radius 3 is 1.31 bits per heavy atom. The molecule has 0 aromatic heterocycles. The number of benzene rings is 2. The van der Waals surface area contributed by atoms with Crippen LogP contribution in [0.25, 0.3) is 12.2 Å². The van der Waals surface area contributed by atoms with E-state index in [9.17, 15) is 0 Å². The molecule has 2 unspecified atom stereocenters. The van der Waals surface area contributed by atoms with Gasteiger partial charge in [0, 0.05) is 9.52 Å². The van der Waals surface area contributed by atoms with Crippen LogP contribution in [0.15, 0.2) is 35.4 Å². The fraction of sp³-hybridized carbons (Fsp3) is 0.600. The van der Waals surface area contributed by atoms with Crippen molar-refractivity contribution in [1.29, 1.82) is 0 Å². The number of fused-ring (bicyclic) bond motifs is 2. The summed E-state index contributed by atoms with van der Waals surface area (Å²) in [6, 6.07) is 13.5. The Hall–Kier alpha value is -1.15. The van der Waals surface area contributed by atoms with Crippen molar-refractivity contribution in [2.45, 2.75) is 152 Å². The summed E-state index contributed by atoms with van der Waals surface area (Å²) in [5, 5.41) is 2.58. The van der Waals surface area contributed by atoms with Crippen molar-refractivity contribution < 1.29 is 19.2 Å². The van der Waals surface area contributed by atoms with Crippen LogP contribution >= 0.6 is 0 Å². The monoisotopic (exact) mass is 616 g/mol. The van der Waals surface area contributed by atoms with E-state index in [1.807, 2.05) is 0 Å². The van der Waals surface area contributed by atoms with E-state index in [2.05, 4.69) is 111 Å². The van der Waals surface area contributed by atoms with Crippen LogP contribution in [0.3, 0.4) is 0 Å². The summed E-state index contributed by atoms with van der Waals surface area (Å²) in [4.78, 5) is 0. The fourth-order valence-electron chi connectivity index (χ4n) is 7.77. The number of hydrogen-bond donors (Lipinski definition) is 0. The van der Waals surface area contributed by atoms with Gasteiger partial charge in [-0.15, -0.1) is 0 Å². The summed E-state index contributed by atoms with van der Waals surface area (Å²) in [5.74, 6) is 3.36. The van der Waals surface area contributed by atoms with E-state index in [1.54, 1.807) is 69.5 Å². The predicted octanol–water partition coefficient (Wildman–Crippen LogP) is 12.4. The molecule has 2 aliphatic carbocycles. The Morgan fingerprint density at radius 1 is 0.643 bits per heavy atom. The molecule has 228 valence electrons. The molecule has 5 rings (SSSR count). The third-order valence-electron chi connectivity index (χ3n) is 10.4. The third kappa shape index (κ3) is 6.89. The first-order valence-corrected chi connectivity index (χ1v) is 21.9. The second-order valence-corrected chi connectivity index (χ2v) is 18.6. The molecule has 3 aliphatic rings. The van der Waals surface area contributed by atoms with Crippen LogP contribution in [-0.4, -0.2) is 9.52 Å². The first-order chi connectivity index (χ1) is 20.0. The van der Waals surface area contributed by atoms with Crippen molar-refractivity contribution in [2.24, 2.45) is 0 Å². The van der Waals surface area contributed by atoms with Gasteiger partial charge in [0.05, 0.1) is 0 Å². The average molecular weight is 617 g/mol. The zero-order chi connectivity index (χ0) is 30.7. The normalized spacial score (nSPS) is 20.1. The summed E-state index contributed by atoms with van der Waals surface area (Å²) in [6.07, 6.45) is 10.7. The number of allylic oxidation sites excluding steroid dienone is 2. The van der Waals surface area contributed by atoms with E-state index in [-0.39, 0.29) is 19.2 Å². The molecule has 0 spiro atoms. The number of hydrogen-bond acceptors (Lipinski definition) is 0. The predicted molar refractivity (Wildman–Crippen MR) is 188 cm³/mol. The van der Waals surface area contributed by atoms with Crippen LogP contribution in [0.1, 0.15) is 175 Å². The zero-order valence-electron chi connectivity index (χ0n) is 29.0. The van der Waals surface area contributed by atoms with Crippen molar-refractivity contribution in [3.8, 4) is 0 Å². The summed E-state index contributed by atoms with van der Waals surface area (Å²) in [7, 11) is 0.543. The van der Waals surface area contributed by atoms with Crippen molar-refractivity contribution in [3.05, 3.63) is 79.9 Å². The molecule has 42 heavy (non-hydrogen) atoms. The molecule has 2 aromatic carbocycles. The van der Waals surface area contributed by atoms with Crippen LogP contribution in [-0.2, 0) is 19.2 Å². The molecule has 2 atom stereocenters. The molecule has 1 heterocycles. The Labute approximate surface area is 271 Å². The molecule has 0 saturated carbocycles. The summed E-state index contributed by atoms with van der Waals surface area (Å²) >= 11 is -0.150. The van der Waals surface area contributed by atoms with Gasteiger partial charge in [0.1, 0.15) is 0 Å². The van der Waals surface area contributed by atoms with Gasteiger partial charge in [0.15, 0.2) is 0 Å². The standard InChI is InChI=1S/C35H47.C4H10Si.CH3.Ti/c1-11-24-13-32-28(22(7)8)15-26(20(3)4)17-34(32)30(24)19-31-25(12-2)14-33-29(23(9)10)16-27(21(5)6)18-35(31)33;1-2-4-5-3-1;;/h13-23,30-31H,11-12H2,1-10H3;1-5H2;1H3;. The molecule has 0 radical (unpaired) electrons. The summed E-state index contributed by atoms with van der Waals surface area (Å²) in [6.45, 7) is 23.7. The third-order valence-corrected chi connectivity index (χ3v) is 14.4. The first kappa shape index (κ1) is 33.7. The van der Waals surface area contributed by atoms with Crippen LogP contribution < -0.4 is 0 Å². The van der Waals surface area contributed by atoms with Crippen molar-refractivity contribution in [3.63, 3.8) is 0 Å². The van der Waals surface area contributed by atoms with Crippen LogP contribution in [0.5, 0.6) is 0 Å². The van der Waals surface area contributed by atoms with E-state index in [1.165, 1.54) is 11.1 Å². The van der Waals surface area contributed by atoms with E-state index in [4.69, 9.17) is 0 Å². The molecule has 0 bridgehead atoms. The van der Waals surface area contributed by atoms with Gasteiger partial charge in [-0.25, -0.2) is 0 Å². The van der Waals surface area contributed by atoms with Gasteiger partial charge >= 0.3 is 238 Å². The summed E-state index contributed by atoms with van der Waals surface area (Å²) in [5.41, 5.74) is 16.0. The molecule has 0 nitrogen and oxygen atoms in total.